The van der Waals surface area contributed by atoms with Crippen molar-refractivity contribution in [2.75, 3.05) is 13.2 Å². The van der Waals surface area contributed by atoms with Crippen LogP contribution in [-0.2, 0) is 9.59 Å². The summed E-state index contributed by atoms with van der Waals surface area (Å²) in [6.45, 7) is -0.696. The van der Waals surface area contributed by atoms with Crippen molar-refractivity contribution in [2.24, 2.45) is 0 Å². The maximum Gasteiger partial charge on any atom is 0.276 e. The van der Waals surface area contributed by atoms with Crippen molar-refractivity contribution in [3.63, 3.8) is 0 Å². The standard InChI is InChI=1S/C22H18BrN3O6/c23-19-12-16(15-4-2-1-3-5-15)6-11-20(19)32-14-22(28)25-24-21(27)13-31-18-9-7-17(8-10-18)26(29)30/h1-12H,13-14H2,(H,24,27)(H,25,28). The molecule has 0 spiro atoms. The fourth-order valence-corrected chi connectivity index (χ4v) is 3.09. The maximum absolute atomic E-state index is 11.9. The molecule has 9 nitrogen and oxygen atoms in total. The zero-order chi connectivity index (χ0) is 22.9. The minimum absolute atomic E-state index is 0.0876. The Labute approximate surface area is 191 Å². The Bertz CT molecular complexity index is 1110. The molecule has 32 heavy (non-hydrogen) atoms. The molecule has 0 unspecified atom stereocenters. The Morgan fingerprint density at radius 2 is 1.47 bits per heavy atom. The van der Waals surface area contributed by atoms with E-state index < -0.39 is 16.7 Å². The summed E-state index contributed by atoms with van der Waals surface area (Å²) >= 11 is 3.43. The molecule has 0 heterocycles. The zero-order valence-corrected chi connectivity index (χ0v) is 18.2. The molecule has 2 amide bonds. The third-order valence-electron chi connectivity index (χ3n) is 4.16. The van der Waals surface area contributed by atoms with Crippen molar-refractivity contribution in [3.8, 4) is 22.6 Å². The van der Waals surface area contributed by atoms with Crippen molar-refractivity contribution in [1.29, 1.82) is 0 Å². The number of non-ortho nitro benzene ring substituents is 1. The Morgan fingerprint density at radius 3 is 2.06 bits per heavy atom. The van der Waals surface area contributed by atoms with Crippen LogP contribution in [0.3, 0.4) is 0 Å². The van der Waals surface area contributed by atoms with E-state index in [9.17, 15) is 19.7 Å². The van der Waals surface area contributed by atoms with Gasteiger partial charge in [-0.15, -0.1) is 0 Å². The van der Waals surface area contributed by atoms with E-state index in [1.165, 1.54) is 24.3 Å². The quantitative estimate of drug-likeness (QED) is 0.360. The Balaban J connectivity index is 1.41. The molecular formula is C22H18BrN3O6. The number of nitrogens with zero attached hydrogens (tertiary/aromatic N) is 1. The monoisotopic (exact) mass is 499 g/mol. The van der Waals surface area contributed by atoms with Crippen LogP contribution in [-0.4, -0.2) is 30.0 Å². The van der Waals surface area contributed by atoms with E-state index in [-0.39, 0.29) is 24.7 Å². The van der Waals surface area contributed by atoms with Gasteiger partial charge >= 0.3 is 0 Å². The molecule has 2 N–H and O–H groups in total. The average molecular weight is 500 g/mol. The Kier molecular flexibility index (Phi) is 7.76. The SMILES string of the molecule is O=C(COc1ccc([N+](=O)[O-])cc1)NNC(=O)COc1ccc(-c2ccccc2)cc1Br. The molecule has 0 saturated carbocycles. The second-order valence-corrected chi connectivity index (χ2v) is 7.29. The van der Waals surface area contributed by atoms with Gasteiger partial charge in [0.25, 0.3) is 17.5 Å². The number of amides is 2. The molecular weight excluding hydrogens is 482 g/mol. The van der Waals surface area contributed by atoms with Crippen LogP contribution in [0.2, 0.25) is 0 Å². The van der Waals surface area contributed by atoms with Crippen molar-refractivity contribution in [1.82, 2.24) is 10.9 Å². The lowest BCUT2D eigenvalue weighted by atomic mass is 10.1. The first-order valence-corrected chi connectivity index (χ1v) is 10.1. The summed E-state index contributed by atoms with van der Waals surface area (Å²) in [5.74, 6) is -0.408. The van der Waals surface area contributed by atoms with Crippen LogP contribution in [0.1, 0.15) is 0 Å². The number of hydrogen-bond acceptors (Lipinski definition) is 6. The number of rotatable bonds is 8. The van der Waals surface area contributed by atoms with Gasteiger partial charge in [-0.05, 0) is 51.3 Å². The van der Waals surface area contributed by atoms with Crippen LogP contribution in [0.5, 0.6) is 11.5 Å². The highest BCUT2D eigenvalue weighted by Crippen LogP contribution is 2.30. The van der Waals surface area contributed by atoms with Gasteiger partial charge in [0, 0.05) is 12.1 Å². The van der Waals surface area contributed by atoms with Gasteiger partial charge in [0.1, 0.15) is 11.5 Å². The molecule has 0 aliphatic rings. The highest BCUT2D eigenvalue weighted by atomic mass is 79.9. The van der Waals surface area contributed by atoms with E-state index in [1.807, 2.05) is 42.5 Å². The molecule has 10 heteroatoms. The molecule has 0 bridgehead atoms. The third kappa shape index (κ3) is 6.54. The van der Waals surface area contributed by atoms with E-state index in [0.29, 0.717) is 10.2 Å². The van der Waals surface area contributed by atoms with Crippen molar-refractivity contribution >= 4 is 33.4 Å². The van der Waals surface area contributed by atoms with E-state index in [4.69, 9.17) is 9.47 Å². The lowest BCUT2D eigenvalue weighted by Crippen LogP contribution is -2.45. The lowest BCUT2D eigenvalue weighted by molar-refractivity contribution is -0.384. The van der Waals surface area contributed by atoms with Gasteiger partial charge in [0.05, 0.1) is 9.40 Å². The van der Waals surface area contributed by atoms with E-state index in [0.717, 1.165) is 11.1 Å². The van der Waals surface area contributed by atoms with Crippen LogP contribution in [0.25, 0.3) is 11.1 Å². The summed E-state index contributed by atoms with van der Waals surface area (Å²) in [6, 6.07) is 20.6. The van der Waals surface area contributed by atoms with Gasteiger partial charge in [-0.3, -0.25) is 30.6 Å². The number of ether oxygens (including phenoxy) is 2. The van der Waals surface area contributed by atoms with Crippen molar-refractivity contribution in [2.45, 2.75) is 0 Å². The van der Waals surface area contributed by atoms with E-state index in [1.54, 1.807) is 6.07 Å². The molecule has 0 aliphatic carbocycles. The smallest absolute Gasteiger partial charge is 0.276 e. The van der Waals surface area contributed by atoms with Crippen molar-refractivity contribution < 1.29 is 24.0 Å². The van der Waals surface area contributed by atoms with Gasteiger partial charge in [-0.25, -0.2) is 0 Å². The molecule has 0 saturated heterocycles. The normalized spacial score (nSPS) is 10.2. The third-order valence-corrected chi connectivity index (χ3v) is 4.78. The average Bonchev–Trinajstić information content (AvgIpc) is 2.81. The van der Waals surface area contributed by atoms with Crippen LogP contribution >= 0.6 is 15.9 Å². The van der Waals surface area contributed by atoms with Gasteiger partial charge in [0.2, 0.25) is 0 Å². The number of nitro groups is 1. The molecule has 3 rings (SSSR count). The number of halogens is 1. The fraction of sp³-hybridized carbons (Fsp3) is 0.0909. The topological polar surface area (TPSA) is 120 Å². The van der Waals surface area contributed by atoms with Gasteiger partial charge in [-0.1, -0.05) is 36.4 Å². The summed E-state index contributed by atoms with van der Waals surface area (Å²) in [5.41, 5.74) is 6.38. The Hall–Kier alpha value is -3.92. The summed E-state index contributed by atoms with van der Waals surface area (Å²) in [7, 11) is 0. The molecule has 164 valence electrons. The first-order chi connectivity index (χ1) is 15.4. The molecule has 0 radical (unpaired) electrons. The number of hydrogen-bond donors (Lipinski definition) is 2. The summed E-state index contributed by atoms with van der Waals surface area (Å²) in [5, 5.41) is 10.6. The van der Waals surface area contributed by atoms with Crippen LogP contribution in [0.15, 0.2) is 77.3 Å². The number of nitrogens with one attached hydrogen (secondary N) is 2. The zero-order valence-electron chi connectivity index (χ0n) is 16.6. The largest absolute Gasteiger partial charge is 0.484 e. The number of carbonyl (C=O) groups is 2. The van der Waals surface area contributed by atoms with Crippen LogP contribution < -0.4 is 20.3 Å². The molecule has 0 atom stereocenters. The summed E-state index contributed by atoms with van der Waals surface area (Å²) in [4.78, 5) is 33.8. The molecule has 3 aromatic carbocycles. The number of nitro benzene ring substituents is 1. The first-order valence-electron chi connectivity index (χ1n) is 9.35. The molecule has 0 aliphatic heterocycles. The first kappa shape index (κ1) is 22.8. The minimum Gasteiger partial charge on any atom is -0.484 e. The molecule has 0 fully saturated rings. The van der Waals surface area contributed by atoms with E-state index in [2.05, 4.69) is 26.8 Å². The van der Waals surface area contributed by atoms with Gasteiger partial charge in [0.15, 0.2) is 13.2 Å². The highest BCUT2D eigenvalue weighted by Gasteiger charge is 2.10. The predicted octanol–water partition coefficient (Wildman–Crippen LogP) is 3.63. The van der Waals surface area contributed by atoms with Crippen LogP contribution in [0, 0.1) is 10.1 Å². The van der Waals surface area contributed by atoms with Crippen LogP contribution in [0.4, 0.5) is 5.69 Å². The molecule has 3 aromatic rings. The molecule has 0 aromatic heterocycles. The lowest BCUT2D eigenvalue weighted by Gasteiger charge is -2.11. The number of hydrazine groups is 1. The van der Waals surface area contributed by atoms with E-state index >= 15 is 0 Å². The highest BCUT2D eigenvalue weighted by molar-refractivity contribution is 9.10. The number of benzene rings is 3. The van der Waals surface area contributed by atoms with Gasteiger partial charge in [-0.2, -0.15) is 0 Å². The van der Waals surface area contributed by atoms with Gasteiger partial charge < -0.3 is 9.47 Å². The Morgan fingerprint density at radius 1 is 0.844 bits per heavy atom. The second-order valence-electron chi connectivity index (χ2n) is 6.44. The maximum atomic E-state index is 11.9. The second kappa shape index (κ2) is 10.9. The summed E-state index contributed by atoms with van der Waals surface area (Å²) < 4.78 is 11.4. The van der Waals surface area contributed by atoms with Crippen molar-refractivity contribution in [3.05, 3.63) is 87.4 Å². The fourth-order valence-electron chi connectivity index (χ4n) is 2.60. The summed E-state index contributed by atoms with van der Waals surface area (Å²) in [6.07, 6.45) is 0. The minimum atomic E-state index is -0.606. The predicted molar refractivity (Wildman–Crippen MR) is 120 cm³/mol. The number of carbonyl (C=O) groups excluding carboxylic acids is 2.